The van der Waals surface area contributed by atoms with Gasteiger partial charge in [0.1, 0.15) is 5.75 Å². The van der Waals surface area contributed by atoms with E-state index in [4.69, 9.17) is 16.3 Å². The maximum Gasteiger partial charge on any atom is 0.299 e. The van der Waals surface area contributed by atoms with Crippen LogP contribution in [0.15, 0.2) is 53.4 Å². The minimum Gasteiger partial charge on any atom is -0.436 e. The van der Waals surface area contributed by atoms with Crippen molar-refractivity contribution in [2.75, 3.05) is 0 Å². The van der Waals surface area contributed by atoms with E-state index in [2.05, 4.69) is 50.2 Å². The summed E-state index contributed by atoms with van der Waals surface area (Å²) in [6.45, 7) is 4.52. The molecule has 0 aliphatic carbocycles. The third-order valence-electron chi connectivity index (χ3n) is 6.43. The third-order valence-corrected chi connectivity index (χ3v) is 10.0. The Balaban J connectivity index is 0.00000648. The molecule has 6 heteroatoms. The first-order chi connectivity index (χ1) is 17.0. The van der Waals surface area contributed by atoms with Crippen LogP contribution in [0.2, 0.25) is 0 Å². The number of unbranched alkanes of at least 4 members (excludes halogenated alkanes) is 12. The molecule has 0 aliphatic rings. The van der Waals surface area contributed by atoms with E-state index >= 15 is 0 Å². The Morgan fingerprint density at radius 2 is 1.03 bits per heavy atom. The fourth-order valence-corrected chi connectivity index (χ4v) is 7.81. The monoisotopic (exact) mass is 632 g/mol. The Kier molecular flexibility index (Phi) is 19.6. The zero-order valence-electron chi connectivity index (χ0n) is 22.5. The predicted octanol–water partition coefficient (Wildman–Crippen LogP) is 10.7. The fourth-order valence-electron chi connectivity index (χ4n) is 4.29. The Bertz CT molecular complexity index is 776. The topological polar surface area (TPSA) is 29.5 Å². The van der Waals surface area contributed by atoms with Crippen LogP contribution in [0.5, 0.6) is 5.75 Å². The van der Waals surface area contributed by atoms with Crippen LogP contribution in [0.3, 0.4) is 0 Å². The smallest absolute Gasteiger partial charge is 0.299 e. The van der Waals surface area contributed by atoms with E-state index in [9.17, 15) is 4.89 Å². The van der Waals surface area contributed by atoms with Crippen LogP contribution in [0.25, 0.3) is 0 Å². The van der Waals surface area contributed by atoms with Gasteiger partial charge in [-0.25, -0.2) is 0 Å². The van der Waals surface area contributed by atoms with Gasteiger partial charge in [-0.05, 0) is 84.3 Å². The number of rotatable bonds is 20. The second kappa shape index (κ2) is 20.8. The van der Waals surface area contributed by atoms with E-state index in [1.54, 1.807) is 0 Å². The van der Waals surface area contributed by atoms with Crippen molar-refractivity contribution in [3.63, 3.8) is 0 Å². The van der Waals surface area contributed by atoms with Gasteiger partial charge in [0.15, 0.2) is 0 Å². The standard InChI is InChI=1S/C30H47O2PS2.Mo/c1-3-5-7-9-11-13-15-17-27-19-23-29(24-20-27)32-33(31,34)35-30-25-21-28(22-26-30)18-16-14-12-10-8-6-4-2;/h19-26H,3-18H2,1-2H3,(H,31,34);. The first-order valence-electron chi connectivity index (χ1n) is 13.9. The molecule has 2 aromatic rings. The summed E-state index contributed by atoms with van der Waals surface area (Å²) >= 11 is 6.72. The molecule has 1 unspecified atom stereocenters. The maximum absolute atomic E-state index is 10.8. The zero-order chi connectivity index (χ0) is 25.2. The molecule has 0 spiro atoms. The van der Waals surface area contributed by atoms with Gasteiger partial charge in [-0.15, -0.1) is 0 Å². The van der Waals surface area contributed by atoms with Gasteiger partial charge in [-0.1, -0.05) is 115 Å². The molecule has 0 heterocycles. The van der Waals surface area contributed by atoms with Gasteiger partial charge in [0.2, 0.25) is 0 Å². The summed E-state index contributed by atoms with van der Waals surface area (Å²) in [5.74, 6) is 0.655. The minimum absolute atomic E-state index is 0. The predicted molar refractivity (Wildman–Crippen MR) is 159 cm³/mol. The summed E-state index contributed by atoms with van der Waals surface area (Å²) < 4.78 is 5.84. The van der Waals surface area contributed by atoms with Crippen LogP contribution >= 0.6 is 17.1 Å². The molecular weight excluding hydrogens is 583 g/mol. The number of hydrogen-bond acceptors (Lipinski definition) is 3. The zero-order valence-corrected chi connectivity index (χ0v) is 27.0. The van der Waals surface area contributed by atoms with Crippen LogP contribution in [0.1, 0.15) is 115 Å². The van der Waals surface area contributed by atoms with E-state index in [1.807, 2.05) is 12.1 Å². The van der Waals surface area contributed by atoms with Crippen molar-refractivity contribution in [1.82, 2.24) is 0 Å². The van der Waals surface area contributed by atoms with Crippen molar-refractivity contribution < 1.29 is 30.5 Å². The molecule has 0 bridgehead atoms. The molecule has 0 amide bonds. The molecule has 0 fully saturated rings. The Labute approximate surface area is 245 Å². The summed E-state index contributed by atoms with van der Waals surface area (Å²) in [6, 6.07) is 16.5. The van der Waals surface area contributed by atoms with Gasteiger partial charge < -0.3 is 9.42 Å². The summed E-state index contributed by atoms with van der Waals surface area (Å²) in [4.78, 5) is 11.7. The van der Waals surface area contributed by atoms with Crippen molar-refractivity contribution in [2.45, 2.75) is 121 Å². The summed E-state index contributed by atoms with van der Waals surface area (Å²) in [5.41, 5.74) is -0.322. The van der Waals surface area contributed by atoms with Crippen molar-refractivity contribution in [1.29, 1.82) is 0 Å². The largest absolute Gasteiger partial charge is 0.436 e. The van der Waals surface area contributed by atoms with Crippen LogP contribution < -0.4 is 4.52 Å². The van der Waals surface area contributed by atoms with E-state index in [-0.39, 0.29) is 21.1 Å². The van der Waals surface area contributed by atoms with Gasteiger partial charge in [0.25, 0.3) is 5.69 Å². The van der Waals surface area contributed by atoms with E-state index in [0.717, 1.165) is 17.7 Å². The molecule has 1 N–H and O–H groups in total. The molecule has 0 aromatic heterocycles. The molecule has 0 aliphatic heterocycles. The van der Waals surface area contributed by atoms with Crippen LogP contribution in [-0.4, -0.2) is 4.89 Å². The van der Waals surface area contributed by atoms with Crippen molar-refractivity contribution in [3.05, 3.63) is 59.7 Å². The van der Waals surface area contributed by atoms with Gasteiger partial charge in [0, 0.05) is 26.0 Å². The van der Waals surface area contributed by atoms with Gasteiger partial charge in [-0.2, -0.15) is 0 Å². The molecule has 0 saturated carbocycles. The molecule has 2 aromatic carbocycles. The van der Waals surface area contributed by atoms with Gasteiger partial charge in [0.05, 0.1) is 0 Å². The van der Waals surface area contributed by atoms with Crippen LogP contribution in [0, 0.1) is 0 Å². The number of aryl methyl sites for hydroxylation is 2. The molecule has 1 atom stereocenters. The summed E-state index contributed by atoms with van der Waals surface area (Å²) in [5, 5.41) is 0. The molecule has 2 rings (SSSR count). The molecule has 0 radical (unpaired) electrons. The van der Waals surface area contributed by atoms with E-state index in [1.165, 1.54) is 112 Å². The summed E-state index contributed by atoms with van der Waals surface area (Å²) in [7, 11) is 0. The average molecular weight is 631 g/mol. The fraction of sp³-hybridized carbons (Fsp3) is 0.600. The Morgan fingerprint density at radius 3 is 1.47 bits per heavy atom. The molecule has 0 saturated heterocycles. The number of benzene rings is 2. The SMILES string of the molecule is CCCCCCCCCc1ccc(OP(O)(=S)Sc2ccc(CCCCCCCCC)cc2)cc1.[Mo]. The average Bonchev–Trinajstić information content (AvgIpc) is 2.84. The Hall–Kier alpha value is -0.112. The second-order valence-corrected chi connectivity index (χ2v) is 15.7. The Morgan fingerprint density at radius 1 is 0.639 bits per heavy atom. The number of hydrogen-bond donors (Lipinski definition) is 1. The quantitative estimate of drug-likeness (QED) is 0.0896. The summed E-state index contributed by atoms with van der Waals surface area (Å²) in [6.07, 6.45) is 20.8. The van der Waals surface area contributed by atoms with Crippen molar-refractivity contribution in [3.8, 4) is 5.75 Å². The molecule has 36 heavy (non-hydrogen) atoms. The van der Waals surface area contributed by atoms with Crippen molar-refractivity contribution >= 4 is 28.9 Å². The normalized spacial score (nSPS) is 12.6. The van der Waals surface area contributed by atoms with Crippen LogP contribution in [-0.2, 0) is 45.7 Å². The molecular formula is C30H47MoO2PS2. The molecule has 202 valence electrons. The van der Waals surface area contributed by atoms with E-state index in [0.29, 0.717) is 5.75 Å². The van der Waals surface area contributed by atoms with E-state index < -0.39 is 5.69 Å². The van der Waals surface area contributed by atoms with Crippen molar-refractivity contribution in [2.24, 2.45) is 0 Å². The third kappa shape index (κ3) is 16.0. The first kappa shape index (κ1) is 33.9. The maximum atomic E-state index is 10.8. The minimum atomic E-state index is -3.00. The molecule has 2 nitrogen and oxygen atoms in total. The van der Waals surface area contributed by atoms with Gasteiger partial charge >= 0.3 is 0 Å². The van der Waals surface area contributed by atoms with Crippen LogP contribution in [0.4, 0.5) is 0 Å². The van der Waals surface area contributed by atoms with Gasteiger partial charge in [-0.3, -0.25) is 0 Å². The first-order valence-corrected chi connectivity index (χ1v) is 18.0. The second-order valence-electron chi connectivity index (χ2n) is 9.68.